The predicted octanol–water partition coefficient (Wildman–Crippen LogP) is 2.14. The highest BCUT2D eigenvalue weighted by molar-refractivity contribution is 14.1. The largest absolute Gasteiger partial charge is 0.401 e. The number of amides is 1. The number of nitrogens with two attached hydrogens (primary N) is 1. The van der Waals surface area contributed by atoms with Crippen LogP contribution in [0.5, 0.6) is 0 Å². The zero-order valence-corrected chi connectivity index (χ0v) is 11.7. The Balaban J connectivity index is 3.00. The summed E-state index contributed by atoms with van der Waals surface area (Å²) in [6.45, 7) is 0.0572. The highest BCUT2D eigenvalue weighted by atomic mass is 127. The van der Waals surface area contributed by atoms with Gasteiger partial charge in [-0.3, -0.25) is 10.1 Å². The van der Waals surface area contributed by atoms with Crippen LogP contribution in [0.1, 0.15) is 12.5 Å². The Kier molecular flexibility index (Phi) is 4.60. The summed E-state index contributed by atoms with van der Waals surface area (Å²) in [5.41, 5.74) is 4.06. The summed E-state index contributed by atoms with van der Waals surface area (Å²) in [4.78, 5) is 11.4. The van der Waals surface area contributed by atoms with Gasteiger partial charge in [0.2, 0.25) is 5.91 Å². The number of alkyl halides is 3. The lowest BCUT2D eigenvalue weighted by atomic mass is 9.91. The summed E-state index contributed by atoms with van der Waals surface area (Å²) in [5, 5.41) is 2.17. The van der Waals surface area contributed by atoms with Crippen molar-refractivity contribution in [1.29, 1.82) is 0 Å². The highest BCUT2D eigenvalue weighted by Crippen LogP contribution is 2.23. The highest BCUT2D eigenvalue weighted by Gasteiger charge is 2.37. The second kappa shape index (κ2) is 5.43. The maximum atomic E-state index is 12.2. The van der Waals surface area contributed by atoms with Gasteiger partial charge < -0.3 is 5.73 Å². The molecule has 7 heteroatoms. The summed E-state index contributed by atoms with van der Waals surface area (Å²) in [6, 6.07) is 6.56. The van der Waals surface area contributed by atoms with Crippen molar-refractivity contribution in [3.8, 4) is 0 Å². The zero-order valence-electron chi connectivity index (χ0n) is 9.51. The molecule has 0 fully saturated rings. The van der Waals surface area contributed by atoms with Gasteiger partial charge in [0.05, 0.1) is 6.54 Å². The number of hydrogen-bond donors (Lipinski definition) is 2. The summed E-state index contributed by atoms with van der Waals surface area (Å²) in [6.07, 6.45) is -4.40. The number of halogens is 4. The van der Waals surface area contributed by atoms with Gasteiger partial charge in [-0.05, 0) is 47.2 Å². The minimum Gasteiger partial charge on any atom is -0.368 e. The standard InChI is InChI=1S/C11H12F3IN2O/c1-10(9(16)18,17-6-11(12,13)14)7-2-4-8(15)5-3-7/h2-5,17H,6H2,1H3,(H2,16,18). The Morgan fingerprint density at radius 2 is 1.83 bits per heavy atom. The Morgan fingerprint density at radius 1 is 1.33 bits per heavy atom. The molecule has 0 saturated carbocycles. The molecule has 0 saturated heterocycles. The number of carbonyl (C=O) groups excluding carboxylic acids is 1. The van der Waals surface area contributed by atoms with Crippen LogP contribution in [0.4, 0.5) is 13.2 Å². The molecule has 1 atom stereocenters. The third-order valence-corrected chi connectivity index (χ3v) is 3.28. The van der Waals surface area contributed by atoms with Crippen LogP contribution >= 0.6 is 22.6 Å². The lowest BCUT2D eigenvalue weighted by Crippen LogP contribution is -2.53. The van der Waals surface area contributed by atoms with Gasteiger partial charge in [0, 0.05) is 3.57 Å². The monoisotopic (exact) mass is 372 g/mol. The molecule has 1 rings (SSSR count). The van der Waals surface area contributed by atoms with E-state index in [1.165, 1.54) is 6.92 Å². The predicted molar refractivity (Wildman–Crippen MR) is 69.8 cm³/mol. The molecule has 3 N–H and O–H groups in total. The molecule has 3 nitrogen and oxygen atoms in total. The van der Waals surface area contributed by atoms with E-state index in [0.29, 0.717) is 5.56 Å². The van der Waals surface area contributed by atoms with Crippen LogP contribution in [0.15, 0.2) is 24.3 Å². The fraction of sp³-hybridized carbons (Fsp3) is 0.364. The number of carbonyl (C=O) groups is 1. The van der Waals surface area contributed by atoms with Crippen LogP contribution < -0.4 is 11.1 Å². The third-order valence-electron chi connectivity index (χ3n) is 2.56. The number of nitrogens with one attached hydrogen (secondary N) is 1. The van der Waals surface area contributed by atoms with Crippen molar-refractivity contribution < 1.29 is 18.0 Å². The number of hydrogen-bond acceptors (Lipinski definition) is 2. The van der Waals surface area contributed by atoms with Gasteiger partial charge in [0.1, 0.15) is 5.54 Å². The molecule has 1 aromatic rings. The van der Waals surface area contributed by atoms with E-state index >= 15 is 0 Å². The van der Waals surface area contributed by atoms with Crippen molar-refractivity contribution in [1.82, 2.24) is 5.32 Å². The second-order valence-corrected chi connectivity index (χ2v) is 5.21. The molecule has 18 heavy (non-hydrogen) atoms. The maximum Gasteiger partial charge on any atom is 0.401 e. The topological polar surface area (TPSA) is 55.1 Å². The molecule has 0 heterocycles. The second-order valence-electron chi connectivity index (χ2n) is 3.96. The average molecular weight is 372 g/mol. The summed E-state index contributed by atoms with van der Waals surface area (Å²) in [7, 11) is 0. The normalized spacial score (nSPS) is 15.2. The Hall–Kier alpha value is -0.830. The molecule has 0 radical (unpaired) electrons. The van der Waals surface area contributed by atoms with Crippen LogP contribution in [0.3, 0.4) is 0 Å². The van der Waals surface area contributed by atoms with Crippen LogP contribution in [-0.4, -0.2) is 18.6 Å². The average Bonchev–Trinajstić information content (AvgIpc) is 2.25. The van der Waals surface area contributed by atoms with Crippen molar-refractivity contribution in [2.24, 2.45) is 5.73 Å². The quantitative estimate of drug-likeness (QED) is 0.796. The fourth-order valence-electron chi connectivity index (χ4n) is 1.39. The number of rotatable bonds is 4. The van der Waals surface area contributed by atoms with Gasteiger partial charge >= 0.3 is 6.18 Å². The van der Waals surface area contributed by atoms with Gasteiger partial charge in [-0.2, -0.15) is 13.2 Å². The fourth-order valence-corrected chi connectivity index (χ4v) is 1.75. The van der Waals surface area contributed by atoms with Crippen LogP contribution in [-0.2, 0) is 10.3 Å². The first-order chi connectivity index (χ1) is 8.15. The van der Waals surface area contributed by atoms with E-state index in [2.05, 4.69) is 27.9 Å². The van der Waals surface area contributed by atoms with Gasteiger partial charge in [-0.25, -0.2) is 0 Å². The molecule has 0 spiro atoms. The molecule has 0 aromatic heterocycles. The van der Waals surface area contributed by atoms with Crippen LogP contribution in [0, 0.1) is 3.57 Å². The van der Waals surface area contributed by atoms with Crippen LogP contribution in [0.2, 0.25) is 0 Å². The first-order valence-electron chi connectivity index (χ1n) is 5.03. The van der Waals surface area contributed by atoms with Crippen LogP contribution in [0.25, 0.3) is 0 Å². The van der Waals surface area contributed by atoms with E-state index in [1.807, 2.05) is 0 Å². The molecule has 1 unspecified atom stereocenters. The molecule has 1 amide bonds. The number of primary amides is 1. The van der Waals surface area contributed by atoms with Gasteiger partial charge in [0.15, 0.2) is 0 Å². The Morgan fingerprint density at radius 3 is 2.22 bits per heavy atom. The lowest BCUT2D eigenvalue weighted by Gasteiger charge is -2.28. The SMILES string of the molecule is CC(NCC(F)(F)F)(C(N)=O)c1ccc(I)cc1. The lowest BCUT2D eigenvalue weighted by molar-refractivity contribution is -0.135. The van der Waals surface area contributed by atoms with Gasteiger partial charge in [-0.1, -0.05) is 12.1 Å². The van der Waals surface area contributed by atoms with Crippen molar-refractivity contribution in [2.75, 3.05) is 6.54 Å². The van der Waals surface area contributed by atoms with Crippen molar-refractivity contribution in [3.05, 3.63) is 33.4 Å². The molecular weight excluding hydrogens is 360 g/mol. The molecule has 0 bridgehead atoms. The molecular formula is C11H12F3IN2O. The van der Waals surface area contributed by atoms with Gasteiger partial charge in [-0.15, -0.1) is 0 Å². The molecule has 100 valence electrons. The molecule has 0 aliphatic rings. The summed E-state index contributed by atoms with van der Waals surface area (Å²) < 4.78 is 37.6. The minimum absolute atomic E-state index is 0.402. The maximum absolute atomic E-state index is 12.2. The number of benzene rings is 1. The first kappa shape index (κ1) is 15.2. The summed E-state index contributed by atoms with van der Waals surface area (Å²) >= 11 is 2.06. The molecule has 1 aromatic carbocycles. The zero-order chi connectivity index (χ0) is 14.0. The van der Waals surface area contributed by atoms with Gasteiger partial charge in [0.25, 0.3) is 0 Å². The van der Waals surface area contributed by atoms with E-state index in [1.54, 1.807) is 24.3 Å². The molecule has 0 aliphatic carbocycles. The van der Waals surface area contributed by atoms with Crippen molar-refractivity contribution in [3.63, 3.8) is 0 Å². The Labute approximate surface area is 116 Å². The smallest absolute Gasteiger partial charge is 0.368 e. The van der Waals surface area contributed by atoms with E-state index in [-0.39, 0.29) is 0 Å². The third kappa shape index (κ3) is 3.84. The minimum atomic E-state index is -4.40. The van der Waals surface area contributed by atoms with E-state index in [9.17, 15) is 18.0 Å². The summed E-state index contributed by atoms with van der Waals surface area (Å²) in [5.74, 6) is -0.854. The van der Waals surface area contributed by atoms with E-state index in [4.69, 9.17) is 5.73 Å². The first-order valence-corrected chi connectivity index (χ1v) is 6.11. The van der Waals surface area contributed by atoms with Crippen molar-refractivity contribution >= 4 is 28.5 Å². The van der Waals surface area contributed by atoms with E-state index < -0.39 is 24.2 Å². The van der Waals surface area contributed by atoms with Crippen molar-refractivity contribution in [2.45, 2.75) is 18.6 Å². The van der Waals surface area contributed by atoms with E-state index in [0.717, 1.165) is 3.57 Å². The Bertz CT molecular complexity index is 433. The molecule has 0 aliphatic heterocycles.